The average molecular weight is 390 g/mol. The molecule has 0 spiro atoms. The summed E-state index contributed by atoms with van der Waals surface area (Å²) in [5, 5.41) is 5.46. The third-order valence-corrected chi connectivity index (χ3v) is 4.54. The van der Waals surface area contributed by atoms with E-state index in [0.717, 1.165) is 16.5 Å². The highest BCUT2D eigenvalue weighted by Gasteiger charge is 2.17. The van der Waals surface area contributed by atoms with Crippen LogP contribution in [0.25, 0.3) is 10.8 Å². The monoisotopic (exact) mass is 389 g/mol. The van der Waals surface area contributed by atoms with Crippen molar-refractivity contribution in [1.82, 2.24) is 0 Å². The van der Waals surface area contributed by atoms with E-state index in [9.17, 15) is 4.79 Å². The highest BCUT2D eigenvalue weighted by molar-refractivity contribution is 6.39. The second-order valence-corrected chi connectivity index (χ2v) is 6.54. The van der Waals surface area contributed by atoms with Gasteiger partial charge in [-0.25, -0.2) is 0 Å². The molecule has 1 atom stereocenters. The van der Waals surface area contributed by atoms with Gasteiger partial charge in [-0.1, -0.05) is 41.4 Å². The Morgan fingerprint density at radius 1 is 0.962 bits per heavy atom. The van der Waals surface area contributed by atoms with Gasteiger partial charge in [-0.3, -0.25) is 4.79 Å². The maximum atomic E-state index is 12.4. The summed E-state index contributed by atoms with van der Waals surface area (Å²) in [4.78, 5) is 12.4. The number of nitrogens with one attached hydrogen (secondary N) is 1. The van der Waals surface area contributed by atoms with Crippen LogP contribution in [0.5, 0.6) is 11.5 Å². The molecule has 1 N–H and O–H groups in total. The minimum Gasteiger partial charge on any atom is -0.497 e. The second kappa shape index (κ2) is 7.85. The highest BCUT2D eigenvalue weighted by atomic mass is 35.5. The topological polar surface area (TPSA) is 47.6 Å². The quantitative estimate of drug-likeness (QED) is 0.620. The normalized spacial score (nSPS) is 11.8. The number of rotatable bonds is 5. The zero-order valence-corrected chi connectivity index (χ0v) is 15.8. The molecule has 0 fully saturated rings. The Morgan fingerprint density at radius 2 is 1.58 bits per heavy atom. The van der Waals surface area contributed by atoms with E-state index >= 15 is 0 Å². The van der Waals surface area contributed by atoms with Crippen LogP contribution >= 0.6 is 23.2 Å². The van der Waals surface area contributed by atoms with Gasteiger partial charge in [0.05, 0.1) is 22.8 Å². The molecule has 0 aromatic heterocycles. The average Bonchev–Trinajstić information content (AvgIpc) is 2.64. The Hall–Kier alpha value is -2.43. The first-order chi connectivity index (χ1) is 12.5. The van der Waals surface area contributed by atoms with Gasteiger partial charge in [0.15, 0.2) is 6.10 Å². The first-order valence-corrected chi connectivity index (χ1v) is 8.73. The fourth-order valence-electron chi connectivity index (χ4n) is 2.50. The fraction of sp³-hybridized carbons (Fsp3) is 0.150. The molecule has 6 heteroatoms. The lowest BCUT2D eigenvalue weighted by Gasteiger charge is -2.16. The lowest BCUT2D eigenvalue weighted by atomic mass is 10.1. The number of fused-ring (bicyclic) bond motifs is 1. The third kappa shape index (κ3) is 4.03. The van der Waals surface area contributed by atoms with Gasteiger partial charge in [0, 0.05) is 0 Å². The van der Waals surface area contributed by atoms with Crippen molar-refractivity contribution in [1.29, 1.82) is 0 Å². The fourth-order valence-corrected chi connectivity index (χ4v) is 2.99. The van der Waals surface area contributed by atoms with Crippen molar-refractivity contribution >= 4 is 45.6 Å². The van der Waals surface area contributed by atoms with E-state index in [1.165, 1.54) is 0 Å². The lowest BCUT2D eigenvalue weighted by molar-refractivity contribution is -0.122. The molecule has 0 radical (unpaired) electrons. The third-order valence-electron chi connectivity index (χ3n) is 3.91. The molecule has 0 aliphatic carbocycles. The standard InChI is InChI=1S/C20H17Cl2NO3/c1-12(20(24)23-19-17(21)4-3-5-18(19)22)26-16-9-7-13-6-8-15(25-2)10-14(13)11-16/h3-12H,1-2H3,(H,23,24)/t12-/m0/s1. The SMILES string of the molecule is COc1ccc2ccc(O[C@@H](C)C(=O)Nc3c(Cl)cccc3Cl)cc2c1. The number of carbonyl (C=O) groups is 1. The van der Waals surface area contributed by atoms with Crippen LogP contribution in [0.15, 0.2) is 54.6 Å². The van der Waals surface area contributed by atoms with Crippen molar-refractivity contribution in [2.75, 3.05) is 12.4 Å². The molecule has 0 saturated carbocycles. The second-order valence-electron chi connectivity index (χ2n) is 5.72. The highest BCUT2D eigenvalue weighted by Crippen LogP contribution is 2.30. The Kier molecular flexibility index (Phi) is 5.55. The molecule has 0 aliphatic heterocycles. The largest absolute Gasteiger partial charge is 0.497 e. The van der Waals surface area contributed by atoms with Crippen LogP contribution in [-0.4, -0.2) is 19.1 Å². The summed E-state index contributed by atoms with van der Waals surface area (Å²) >= 11 is 12.2. The zero-order chi connectivity index (χ0) is 18.7. The molecule has 0 heterocycles. The Bertz CT molecular complexity index is 939. The van der Waals surface area contributed by atoms with Gasteiger partial charge < -0.3 is 14.8 Å². The summed E-state index contributed by atoms with van der Waals surface area (Å²) in [5.74, 6) is 0.998. The van der Waals surface area contributed by atoms with Gasteiger partial charge in [0.25, 0.3) is 5.91 Å². The summed E-state index contributed by atoms with van der Waals surface area (Å²) < 4.78 is 11.0. The van der Waals surface area contributed by atoms with Gasteiger partial charge in [0.2, 0.25) is 0 Å². The number of carbonyl (C=O) groups excluding carboxylic acids is 1. The van der Waals surface area contributed by atoms with Crippen LogP contribution in [0.4, 0.5) is 5.69 Å². The van der Waals surface area contributed by atoms with Gasteiger partial charge in [0.1, 0.15) is 11.5 Å². The predicted molar refractivity (Wildman–Crippen MR) is 106 cm³/mol. The Balaban J connectivity index is 1.75. The van der Waals surface area contributed by atoms with E-state index < -0.39 is 6.10 Å². The van der Waals surface area contributed by atoms with Crippen molar-refractivity contribution in [2.24, 2.45) is 0 Å². The predicted octanol–water partition coefficient (Wildman–Crippen LogP) is 5.56. The lowest BCUT2D eigenvalue weighted by Crippen LogP contribution is -2.30. The molecule has 0 unspecified atom stereocenters. The molecule has 0 aliphatic rings. The van der Waals surface area contributed by atoms with Crippen LogP contribution in [-0.2, 0) is 4.79 Å². The van der Waals surface area contributed by atoms with Crippen molar-refractivity contribution in [2.45, 2.75) is 13.0 Å². The van der Waals surface area contributed by atoms with Gasteiger partial charge in [-0.05, 0) is 54.1 Å². The molecule has 0 saturated heterocycles. The Labute approximate surface area is 161 Å². The molecule has 1 amide bonds. The molecule has 3 aromatic carbocycles. The smallest absolute Gasteiger partial charge is 0.265 e. The maximum Gasteiger partial charge on any atom is 0.265 e. The van der Waals surface area contributed by atoms with E-state index in [2.05, 4.69) is 5.32 Å². The van der Waals surface area contributed by atoms with Crippen molar-refractivity contribution in [3.05, 3.63) is 64.6 Å². The van der Waals surface area contributed by atoms with E-state index in [4.69, 9.17) is 32.7 Å². The van der Waals surface area contributed by atoms with Crippen LogP contribution in [0, 0.1) is 0 Å². The molecular formula is C20H17Cl2NO3. The summed E-state index contributed by atoms with van der Waals surface area (Å²) in [6.07, 6.45) is -0.731. The number of hydrogen-bond acceptors (Lipinski definition) is 3. The molecular weight excluding hydrogens is 373 g/mol. The number of anilines is 1. The van der Waals surface area contributed by atoms with Crippen molar-refractivity contribution in [3.63, 3.8) is 0 Å². The number of amides is 1. The summed E-state index contributed by atoms with van der Waals surface area (Å²) in [6, 6.07) is 16.4. The number of ether oxygens (including phenoxy) is 2. The molecule has 134 valence electrons. The molecule has 3 aromatic rings. The van der Waals surface area contributed by atoms with Crippen molar-refractivity contribution in [3.8, 4) is 11.5 Å². The first kappa shape index (κ1) is 18.4. The van der Waals surface area contributed by atoms with E-state index in [0.29, 0.717) is 21.5 Å². The van der Waals surface area contributed by atoms with Gasteiger partial charge >= 0.3 is 0 Å². The number of benzene rings is 3. The maximum absolute atomic E-state index is 12.4. The van der Waals surface area contributed by atoms with Crippen molar-refractivity contribution < 1.29 is 14.3 Å². The van der Waals surface area contributed by atoms with Crippen LogP contribution in [0.2, 0.25) is 10.0 Å². The van der Waals surface area contributed by atoms with Crippen LogP contribution < -0.4 is 14.8 Å². The summed E-state index contributed by atoms with van der Waals surface area (Å²) in [6.45, 7) is 1.66. The number of methoxy groups -OCH3 is 1. The summed E-state index contributed by atoms with van der Waals surface area (Å²) in [5.41, 5.74) is 0.375. The van der Waals surface area contributed by atoms with Crippen LogP contribution in [0.3, 0.4) is 0 Å². The first-order valence-electron chi connectivity index (χ1n) is 7.97. The van der Waals surface area contributed by atoms with Gasteiger partial charge in [-0.15, -0.1) is 0 Å². The van der Waals surface area contributed by atoms with Gasteiger partial charge in [-0.2, -0.15) is 0 Å². The molecule has 26 heavy (non-hydrogen) atoms. The molecule has 0 bridgehead atoms. The minimum absolute atomic E-state index is 0.342. The zero-order valence-electron chi connectivity index (χ0n) is 14.3. The molecule has 3 rings (SSSR count). The van der Waals surface area contributed by atoms with E-state index in [1.807, 2.05) is 36.4 Å². The number of para-hydroxylation sites is 1. The van der Waals surface area contributed by atoms with E-state index in [1.54, 1.807) is 32.2 Å². The van der Waals surface area contributed by atoms with E-state index in [-0.39, 0.29) is 5.91 Å². The minimum atomic E-state index is -0.731. The Morgan fingerprint density at radius 3 is 2.23 bits per heavy atom. The number of halogens is 2. The summed E-state index contributed by atoms with van der Waals surface area (Å²) in [7, 11) is 1.62. The van der Waals surface area contributed by atoms with Crippen LogP contribution in [0.1, 0.15) is 6.92 Å². The number of hydrogen-bond donors (Lipinski definition) is 1. The molecule has 4 nitrogen and oxygen atoms in total.